The van der Waals surface area contributed by atoms with Crippen LogP contribution in [-0.2, 0) is 7.05 Å². The maximum absolute atomic E-state index is 13.4. The van der Waals surface area contributed by atoms with E-state index in [9.17, 15) is 4.79 Å². The largest absolute Gasteiger partial charge is 0.497 e. The minimum Gasteiger partial charge on any atom is -0.497 e. The first-order valence-corrected chi connectivity index (χ1v) is 10.3. The number of carbonyl (C=O) groups is 1. The van der Waals surface area contributed by atoms with E-state index in [0.29, 0.717) is 22.8 Å². The predicted octanol–water partition coefficient (Wildman–Crippen LogP) is 4.45. The number of nitrogens with one attached hydrogen (secondary N) is 1. The summed E-state index contributed by atoms with van der Waals surface area (Å²) in [6.07, 6.45) is 1.91. The highest BCUT2D eigenvalue weighted by molar-refractivity contribution is 6.07. The second-order valence-electron chi connectivity index (χ2n) is 7.68. The van der Waals surface area contributed by atoms with Crippen molar-refractivity contribution in [3.05, 3.63) is 71.5 Å². The first kappa shape index (κ1) is 21.4. The van der Waals surface area contributed by atoms with Gasteiger partial charge in [-0.15, -0.1) is 0 Å². The SMILES string of the molecule is COc1ccc(OC)c(C(C)NC(=O)c2cc(-c3cn(C)nc3C)nc3ccccc23)c1. The van der Waals surface area contributed by atoms with Crippen LogP contribution in [0.4, 0.5) is 0 Å². The minimum absolute atomic E-state index is 0.191. The summed E-state index contributed by atoms with van der Waals surface area (Å²) in [6, 6.07) is 14.7. The fraction of sp³-hybridized carbons (Fsp3) is 0.240. The third-order valence-electron chi connectivity index (χ3n) is 5.50. The monoisotopic (exact) mass is 430 g/mol. The lowest BCUT2D eigenvalue weighted by Crippen LogP contribution is -2.27. The van der Waals surface area contributed by atoms with Crippen molar-refractivity contribution >= 4 is 16.8 Å². The molecule has 4 aromatic rings. The van der Waals surface area contributed by atoms with Gasteiger partial charge < -0.3 is 14.8 Å². The van der Waals surface area contributed by atoms with Crippen molar-refractivity contribution in [3.63, 3.8) is 0 Å². The highest BCUT2D eigenvalue weighted by Crippen LogP contribution is 2.31. The Labute approximate surface area is 187 Å². The number of pyridine rings is 1. The number of amides is 1. The molecule has 7 nitrogen and oxygen atoms in total. The standard InChI is InChI=1S/C25H26N4O3/c1-15(19-12-17(31-4)10-11-24(19)32-5)26-25(30)20-13-23(21-14-29(3)28-16(21)2)27-22-9-7-6-8-18(20)22/h6-15H,1-5H3,(H,26,30). The van der Waals surface area contributed by atoms with Gasteiger partial charge in [-0.3, -0.25) is 9.48 Å². The summed E-state index contributed by atoms with van der Waals surface area (Å²) in [6.45, 7) is 3.85. The lowest BCUT2D eigenvalue weighted by atomic mass is 10.0. The average molecular weight is 431 g/mol. The normalized spacial score (nSPS) is 11.9. The van der Waals surface area contributed by atoms with Gasteiger partial charge in [0, 0.05) is 29.8 Å². The summed E-state index contributed by atoms with van der Waals surface area (Å²) in [5.41, 5.74) is 4.62. The molecule has 0 radical (unpaired) electrons. The van der Waals surface area contributed by atoms with E-state index in [2.05, 4.69) is 10.4 Å². The molecule has 32 heavy (non-hydrogen) atoms. The molecule has 1 amide bonds. The summed E-state index contributed by atoms with van der Waals surface area (Å²) >= 11 is 0. The van der Waals surface area contributed by atoms with Crippen molar-refractivity contribution in [3.8, 4) is 22.8 Å². The Balaban J connectivity index is 1.74. The van der Waals surface area contributed by atoms with Crippen molar-refractivity contribution in [2.75, 3.05) is 14.2 Å². The van der Waals surface area contributed by atoms with Crippen molar-refractivity contribution in [1.29, 1.82) is 0 Å². The van der Waals surface area contributed by atoms with E-state index >= 15 is 0 Å². The number of ether oxygens (including phenoxy) is 2. The van der Waals surface area contributed by atoms with E-state index in [1.807, 2.05) is 75.6 Å². The fourth-order valence-electron chi connectivity index (χ4n) is 3.88. The summed E-state index contributed by atoms with van der Waals surface area (Å²) < 4.78 is 12.6. The number of para-hydroxylation sites is 1. The molecule has 0 aliphatic rings. The molecule has 0 aliphatic heterocycles. The van der Waals surface area contributed by atoms with Crippen LogP contribution in [0.1, 0.15) is 34.6 Å². The number of aryl methyl sites for hydroxylation is 2. The summed E-state index contributed by atoms with van der Waals surface area (Å²) in [4.78, 5) is 18.2. The Hall–Kier alpha value is -3.87. The summed E-state index contributed by atoms with van der Waals surface area (Å²) in [5.74, 6) is 1.19. The Morgan fingerprint density at radius 3 is 2.56 bits per heavy atom. The van der Waals surface area contributed by atoms with Gasteiger partial charge in [-0.25, -0.2) is 4.98 Å². The van der Waals surface area contributed by atoms with E-state index in [1.54, 1.807) is 18.9 Å². The van der Waals surface area contributed by atoms with E-state index < -0.39 is 0 Å². The van der Waals surface area contributed by atoms with Gasteiger partial charge in [0.05, 0.1) is 42.7 Å². The molecule has 1 unspecified atom stereocenters. The van der Waals surface area contributed by atoms with Crippen molar-refractivity contribution < 1.29 is 14.3 Å². The van der Waals surface area contributed by atoms with E-state index in [4.69, 9.17) is 14.5 Å². The number of methoxy groups -OCH3 is 2. The number of benzene rings is 2. The van der Waals surface area contributed by atoms with Crippen LogP contribution in [0.25, 0.3) is 22.2 Å². The highest BCUT2D eigenvalue weighted by atomic mass is 16.5. The second kappa shape index (κ2) is 8.70. The van der Waals surface area contributed by atoms with Crippen LogP contribution in [0.3, 0.4) is 0 Å². The molecule has 2 aromatic carbocycles. The Morgan fingerprint density at radius 2 is 1.88 bits per heavy atom. The Kier molecular flexibility index (Phi) is 5.81. The van der Waals surface area contributed by atoms with Crippen LogP contribution in [-0.4, -0.2) is 34.9 Å². The Bertz CT molecular complexity index is 1300. The number of fused-ring (bicyclic) bond motifs is 1. The maximum Gasteiger partial charge on any atom is 0.252 e. The van der Waals surface area contributed by atoms with Crippen molar-refractivity contribution in [2.24, 2.45) is 7.05 Å². The molecule has 1 atom stereocenters. The zero-order valence-corrected chi connectivity index (χ0v) is 18.8. The van der Waals surface area contributed by atoms with Gasteiger partial charge >= 0.3 is 0 Å². The van der Waals surface area contributed by atoms with Gasteiger partial charge in [-0.05, 0) is 44.2 Å². The molecule has 2 aromatic heterocycles. The molecule has 0 saturated heterocycles. The van der Waals surface area contributed by atoms with Crippen LogP contribution >= 0.6 is 0 Å². The molecular formula is C25H26N4O3. The molecule has 1 N–H and O–H groups in total. The molecule has 0 saturated carbocycles. The lowest BCUT2D eigenvalue weighted by Gasteiger charge is -2.19. The molecule has 164 valence electrons. The topological polar surface area (TPSA) is 78.3 Å². The van der Waals surface area contributed by atoms with Gasteiger partial charge in [0.25, 0.3) is 5.91 Å². The second-order valence-corrected chi connectivity index (χ2v) is 7.68. The number of hydrogen-bond donors (Lipinski definition) is 1. The van der Waals surface area contributed by atoms with Crippen LogP contribution in [0.5, 0.6) is 11.5 Å². The number of aromatic nitrogens is 3. The number of rotatable bonds is 6. The van der Waals surface area contributed by atoms with Crippen molar-refractivity contribution in [2.45, 2.75) is 19.9 Å². The van der Waals surface area contributed by atoms with Gasteiger partial charge in [0.1, 0.15) is 11.5 Å². The molecular weight excluding hydrogens is 404 g/mol. The molecule has 0 aliphatic carbocycles. The highest BCUT2D eigenvalue weighted by Gasteiger charge is 2.20. The summed E-state index contributed by atoms with van der Waals surface area (Å²) in [7, 11) is 5.09. The number of carbonyl (C=O) groups excluding carboxylic acids is 1. The quantitative estimate of drug-likeness (QED) is 0.489. The molecule has 0 spiro atoms. The van der Waals surface area contributed by atoms with Crippen LogP contribution in [0, 0.1) is 6.92 Å². The molecule has 4 rings (SSSR count). The summed E-state index contributed by atoms with van der Waals surface area (Å²) in [5, 5.41) is 8.31. The van der Waals surface area contributed by atoms with Crippen molar-refractivity contribution in [1.82, 2.24) is 20.1 Å². The van der Waals surface area contributed by atoms with E-state index in [-0.39, 0.29) is 11.9 Å². The molecule has 0 fully saturated rings. The maximum atomic E-state index is 13.4. The smallest absolute Gasteiger partial charge is 0.252 e. The first-order chi connectivity index (χ1) is 15.4. The average Bonchev–Trinajstić information content (AvgIpc) is 3.15. The molecule has 2 heterocycles. The predicted molar refractivity (Wildman–Crippen MR) is 124 cm³/mol. The van der Waals surface area contributed by atoms with Gasteiger partial charge in [-0.1, -0.05) is 18.2 Å². The van der Waals surface area contributed by atoms with Crippen LogP contribution < -0.4 is 14.8 Å². The zero-order valence-electron chi connectivity index (χ0n) is 18.8. The van der Waals surface area contributed by atoms with Gasteiger partial charge in [-0.2, -0.15) is 5.10 Å². The van der Waals surface area contributed by atoms with Crippen LogP contribution in [0.15, 0.2) is 54.7 Å². The first-order valence-electron chi connectivity index (χ1n) is 10.3. The molecule has 0 bridgehead atoms. The third kappa shape index (κ3) is 4.01. The number of nitrogens with zero attached hydrogens (tertiary/aromatic N) is 3. The van der Waals surface area contributed by atoms with E-state index in [1.165, 1.54) is 0 Å². The number of hydrogen-bond acceptors (Lipinski definition) is 5. The van der Waals surface area contributed by atoms with Gasteiger partial charge in [0.15, 0.2) is 0 Å². The lowest BCUT2D eigenvalue weighted by molar-refractivity contribution is 0.0941. The Morgan fingerprint density at radius 1 is 1.09 bits per heavy atom. The van der Waals surface area contributed by atoms with E-state index in [0.717, 1.165) is 27.7 Å². The fourth-order valence-corrected chi connectivity index (χ4v) is 3.88. The zero-order chi connectivity index (χ0) is 22.8. The minimum atomic E-state index is -0.303. The third-order valence-corrected chi connectivity index (χ3v) is 5.50. The van der Waals surface area contributed by atoms with Gasteiger partial charge in [0.2, 0.25) is 0 Å². The van der Waals surface area contributed by atoms with Crippen LogP contribution in [0.2, 0.25) is 0 Å². The molecule has 7 heteroatoms.